The van der Waals surface area contributed by atoms with Crippen molar-refractivity contribution >= 4 is 21.9 Å². The number of sulfone groups is 1. The standard InChI is InChI=1S/C10H8O5S/c11-9(12)6-15-8-3-1-2-7-4-5-16(13,14)10(7)8/h1-5H,6H2,(H,11,12). The number of fused-ring (bicyclic) bond motifs is 1. The van der Waals surface area contributed by atoms with E-state index in [9.17, 15) is 13.2 Å². The average molecular weight is 240 g/mol. The van der Waals surface area contributed by atoms with Gasteiger partial charge in [-0.05, 0) is 17.7 Å². The minimum absolute atomic E-state index is 0.0382. The Kier molecular flexibility index (Phi) is 2.43. The first-order valence-electron chi connectivity index (χ1n) is 4.41. The summed E-state index contributed by atoms with van der Waals surface area (Å²) in [5.41, 5.74) is 0.517. The number of aliphatic carboxylic acids is 1. The highest BCUT2D eigenvalue weighted by molar-refractivity contribution is 7.95. The molecule has 0 unspecified atom stereocenters. The molecule has 6 heteroatoms. The maximum Gasteiger partial charge on any atom is 0.341 e. The van der Waals surface area contributed by atoms with Crippen LogP contribution in [0.5, 0.6) is 5.75 Å². The molecule has 2 rings (SSSR count). The predicted molar refractivity (Wildman–Crippen MR) is 55.8 cm³/mol. The summed E-state index contributed by atoms with van der Waals surface area (Å²) in [6.07, 6.45) is 1.46. The lowest BCUT2D eigenvalue weighted by Gasteiger charge is -2.07. The van der Waals surface area contributed by atoms with E-state index >= 15 is 0 Å². The smallest absolute Gasteiger partial charge is 0.341 e. The van der Waals surface area contributed by atoms with Crippen LogP contribution < -0.4 is 4.74 Å². The molecule has 1 aliphatic heterocycles. The van der Waals surface area contributed by atoms with Crippen LogP contribution in [0, 0.1) is 0 Å². The van der Waals surface area contributed by atoms with E-state index in [-0.39, 0.29) is 10.6 Å². The van der Waals surface area contributed by atoms with Crippen molar-refractivity contribution in [3.63, 3.8) is 0 Å². The van der Waals surface area contributed by atoms with E-state index in [0.717, 1.165) is 5.41 Å². The normalized spacial score (nSPS) is 15.8. The van der Waals surface area contributed by atoms with Gasteiger partial charge in [0.15, 0.2) is 6.61 Å². The second-order valence-electron chi connectivity index (χ2n) is 3.20. The number of rotatable bonds is 3. The summed E-state index contributed by atoms with van der Waals surface area (Å²) in [4.78, 5) is 10.4. The number of benzene rings is 1. The lowest BCUT2D eigenvalue weighted by molar-refractivity contribution is -0.139. The first-order valence-corrected chi connectivity index (χ1v) is 5.96. The van der Waals surface area contributed by atoms with E-state index in [4.69, 9.17) is 9.84 Å². The predicted octanol–water partition coefficient (Wildman–Crippen LogP) is 0.908. The van der Waals surface area contributed by atoms with Crippen LogP contribution in [0.3, 0.4) is 0 Å². The molecule has 0 bridgehead atoms. The van der Waals surface area contributed by atoms with Crippen molar-refractivity contribution in [1.82, 2.24) is 0 Å². The van der Waals surface area contributed by atoms with Crippen LogP contribution in [0.1, 0.15) is 5.56 Å². The summed E-state index contributed by atoms with van der Waals surface area (Å²) in [6, 6.07) is 4.68. The Balaban J connectivity index is 2.43. The highest BCUT2D eigenvalue weighted by Crippen LogP contribution is 2.34. The third-order valence-corrected chi connectivity index (χ3v) is 3.57. The molecule has 1 heterocycles. The number of carbonyl (C=O) groups is 1. The van der Waals surface area contributed by atoms with Crippen LogP contribution in [0.2, 0.25) is 0 Å². The molecule has 1 aromatic rings. The third kappa shape index (κ3) is 1.79. The number of hydrogen-bond acceptors (Lipinski definition) is 4. The van der Waals surface area contributed by atoms with Crippen molar-refractivity contribution in [2.75, 3.05) is 6.61 Å². The zero-order valence-corrected chi connectivity index (χ0v) is 8.90. The van der Waals surface area contributed by atoms with Gasteiger partial charge in [-0.15, -0.1) is 0 Å². The van der Waals surface area contributed by atoms with Crippen molar-refractivity contribution in [3.05, 3.63) is 29.2 Å². The minimum atomic E-state index is -3.48. The lowest BCUT2D eigenvalue weighted by atomic mass is 10.2. The van der Waals surface area contributed by atoms with E-state index in [0.29, 0.717) is 5.56 Å². The molecular formula is C10H8O5S. The van der Waals surface area contributed by atoms with Crippen molar-refractivity contribution in [2.24, 2.45) is 0 Å². The third-order valence-electron chi connectivity index (χ3n) is 2.07. The molecule has 0 amide bonds. The van der Waals surface area contributed by atoms with Gasteiger partial charge in [0.1, 0.15) is 10.6 Å². The number of carboxylic acids is 1. The Labute approximate surface area is 91.9 Å². The Morgan fingerprint density at radius 3 is 2.81 bits per heavy atom. The molecule has 0 atom stereocenters. The van der Waals surface area contributed by atoms with Gasteiger partial charge in [-0.3, -0.25) is 0 Å². The van der Waals surface area contributed by atoms with Crippen molar-refractivity contribution in [2.45, 2.75) is 4.90 Å². The van der Waals surface area contributed by atoms with Crippen molar-refractivity contribution in [3.8, 4) is 5.75 Å². The van der Waals surface area contributed by atoms with Crippen molar-refractivity contribution in [1.29, 1.82) is 0 Å². The van der Waals surface area contributed by atoms with Crippen LogP contribution >= 0.6 is 0 Å². The second-order valence-corrected chi connectivity index (χ2v) is 4.98. The molecule has 0 spiro atoms. The fraction of sp³-hybridized carbons (Fsp3) is 0.100. The Bertz CT molecular complexity index is 571. The molecule has 0 aliphatic carbocycles. The summed E-state index contributed by atoms with van der Waals surface area (Å²) < 4.78 is 28.1. The van der Waals surface area contributed by atoms with E-state index in [2.05, 4.69) is 0 Å². The summed E-state index contributed by atoms with van der Waals surface area (Å²) in [5.74, 6) is -1.08. The van der Waals surface area contributed by atoms with Crippen LogP contribution in [0.15, 0.2) is 28.5 Å². The Morgan fingerprint density at radius 2 is 2.12 bits per heavy atom. The van der Waals surface area contributed by atoms with Gasteiger partial charge in [-0.1, -0.05) is 12.1 Å². The average Bonchev–Trinajstić information content (AvgIpc) is 2.53. The summed E-state index contributed by atoms with van der Waals surface area (Å²) in [5, 5.41) is 9.54. The van der Waals surface area contributed by atoms with Crippen LogP contribution in [0.25, 0.3) is 6.08 Å². The first-order chi connectivity index (χ1) is 7.50. The topological polar surface area (TPSA) is 80.7 Å². The van der Waals surface area contributed by atoms with Gasteiger partial charge >= 0.3 is 5.97 Å². The Hall–Kier alpha value is -1.82. The number of carboxylic acid groups (broad SMARTS) is 1. The molecule has 5 nitrogen and oxygen atoms in total. The molecule has 1 aromatic carbocycles. The van der Waals surface area contributed by atoms with Gasteiger partial charge in [0.25, 0.3) is 0 Å². The quantitative estimate of drug-likeness (QED) is 0.849. The SMILES string of the molecule is O=C(O)COc1cccc2c1S(=O)(=O)C=C2. The van der Waals surface area contributed by atoms with Gasteiger partial charge in [-0.25, -0.2) is 13.2 Å². The molecule has 1 N–H and O–H groups in total. The molecule has 0 aromatic heterocycles. The van der Waals surface area contributed by atoms with Crippen LogP contribution in [0.4, 0.5) is 0 Å². The van der Waals surface area contributed by atoms with E-state index in [1.807, 2.05) is 0 Å². The Morgan fingerprint density at radius 1 is 1.38 bits per heavy atom. The number of hydrogen-bond donors (Lipinski definition) is 1. The van der Waals surface area contributed by atoms with Gasteiger partial charge in [0.05, 0.1) is 0 Å². The second kappa shape index (κ2) is 3.64. The molecular weight excluding hydrogens is 232 g/mol. The molecule has 0 saturated carbocycles. The van der Waals surface area contributed by atoms with Gasteiger partial charge in [0, 0.05) is 5.41 Å². The molecule has 0 fully saturated rings. The van der Waals surface area contributed by atoms with Gasteiger partial charge < -0.3 is 9.84 Å². The van der Waals surface area contributed by atoms with Crippen LogP contribution in [-0.2, 0) is 14.6 Å². The highest BCUT2D eigenvalue weighted by atomic mass is 32.2. The van der Waals surface area contributed by atoms with E-state index in [1.165, 1.54) is 12.1 Å². The fourth-order valence-corrected chi connectivity index (χ4v) is 2.79. The van der Waals surface area contributed by atoms with E-state index in [1.54, 1.807) is 12.1 Å². The summed E-state index contributed by atoms with van der Waals surface area (Å²) in [6.45, 7) is -0.564. The van der Waals surface area contributed by atoms with E-state index < -0.39 is 22.4 Å². The highest BCUT2D eigenvalue weighted by Gasteiger charge is 2.25. The molecule has 1 aliphatic rings. The monoisotopic (exact) mass is 240 g/mol. The molecule has 16 heavy (non-hydrogen) atoms. The number of ether oxygens (including phenoxy) is 1. The fourth-order valence-electron chi connectivity index (χ4n) is 1.45. The zero-order valence-electron chi connectivity index (χ0n) is 8.08. The van der Waals surface area contributed by atoms with Crippen LogP contribution in [-0.4, -0.2) is 26.1 Å². The van der Waals surface area contributed by atoms with Crippen molar-refractivity contribution < 1.29 is 23.1 Å². The summed E-state index contributed by atoms with van der Waals surface area (Å²) >= 11 is 0. The zero-order chi connectivity index (χ0) is 11.8. The van der Waals surface area contributed by atoms with Gasteiger partial charge in [0.2, 0.25) is 9.84 Å². The summed E-state index contributed by atoms with van der Waals surface area (Å²) in [7, 11) is -3.48. The lowest BCUT2D eigenvalue weighted by Crippen LogP contribution is -2.11. The van der Waals surface area contributed by atoms with Gasteiger partial charge in [-0.2, -0.15) is 0 Å². The maximum absolute atomic E-state index is 11.6. The largest absolute Gasteiger partial charge is 0.481 e. The molecule has 0 saturated heterocycles. The molecule has 0 radical (unpaired) electrons. The molecule has 84 valence electrons. The maximum atomic E-state index is 11.6. The first kappa shape index (κ1) is 10.7. The minimum Gasteiger partial charge on any atom is -0.481 e.